The number of fused-ring (bicyclic) bond motifs is 1. The van der Waals surface area contributed by atoms with Gasteiger partial charge in [0.15, 0.2) is 5.58 Å². The van der Waals surface area contributed by atoms with Crippen molar-refractivity contribution in [1.29, 1.82) is 0 Å². The maximum absolute atomic E-state index is 5.79. The van der Waals surface area contributed by atoms with Crippen molar-refractivity contribution >= 4 is 11.1 Å². The van der Waals surface area contributed by atoms with Gasteiger partial charge in [0.1, 0.15) is 11.3 Å². The molecule has 0 saturated carbocycles. The lowest BCUT2D eigenvalue weighted by Gasteiger charge is -1.98. The van der Waals surface area contributed by atoms with Crippen LogP contribution in [0.5, 0.6) is 5.75 Å². The van der Waals surface area contributed by atoms with Crippen molar-refractivity contribution in [2.24, 2.45) is 0 Å². The zero-order chi connectivity index (χ0) is 12.5. The fourth-order valence-electron chi connectivity index (χ4n) is 1.96. The van der Waals surface area contributed by atoms with Crippen LogP contribution in [0.2, 0.25) is 0 Å². The number of aryl methyl sites for hydroxylation is 1. The zero-order valence-electron chi connectivity index (χ0n) is 10.3. The highest BCUT2D eigenvalue weighted by Gasteiger charge is 2.10. The van der Waals surface area contributed by atoms with E-state index in [1.165, 1.54) is 0 Å². The number of benzene rings is 2. The van der Waals surface area contributed by atoms with Gasteiger partial charge in [0, 0.05) is 11.6 Å². The topological polar surface area (TPSA) is 35.3 Å². The molecule has 0 fully saturated rings. The molecule has 1 aromatic heterocycles. The first-order valence-corrected chi connectivity index (χ1v) is 5.78. The molecule has 0 amide bonds. The van der Waals surface area contributed by atoms with Gasteiger partial charge in [-0.25, -0.2) is 4.98 Å². The number of aromatic nitrogens is 1. The summed E-state index contributed by atoms with van der Waals surface area (Å²) in [5.41, 5.74) is 3.75. The van der Waals surface area contributed by atoms with E-state index < -0.39 is 0 Å². The van der Waals surface area contributed by atoms with E-state index in [1.54, 1.807) is 7.11 Å². The van der Waals surface area contributed by atoms with Gasteiger partial charge in [0.25, 0.3) is 0 Å². The summed E-state index contributed by atoms with van der Waals surface area (Å²) < 4.78 is 11.0. The first-order chi connectivity index (χ1) is 8.78. The molecule has 0 bridgehead atoms. The van der Waals surface area contributed by atoms with Gasteiger partial charge >= 0.3 is 0 Å². The van der Waals surface area contributed by atoms with Crippen LogP contribution in [0.4, 0.5) is 0 Å². The summed E-state index contributed by atoms with van der Waals surface area (Å²) in [4.78, 5) is 4.50. The Morgan fingerprint density at radius 2 is 1.94 bits per heavy atom. The number of nitrogens with zero attached hydrogens (tertiary/aromatic N) is 1. The maximum atomic E-state index is 5.79. The molecule has 3 nitrogen and oxygen atoms in total. The summed E-state index contributed by atoms with van der Waals surface area (Å²) in [5, 5.41) is 0. The fraction of sp³-hybridized carbons (Fsp3) is 0.133. The van der Waals surface area contributed by atoms with Gasteiger partial charge in [-0.15, -0.1) is 0 Å². The molecule has 0 aliphatic heterocycles. The van der Waals surface area contributed by atoms with Crippen molar-refractivity contribution in [1.82, 2.24) is 4.98 Å². The van der Waals surface area contributed by atoms with E-state index in [1.807, 2.05) is 49.4 Å². The third-order valence-corrected chi connectivity index (χ3v) is 2.97. The van der Waals surface area contributed by atoms with E-state index in [-0.39, 0.29) is 0 Å². The molecular weight excluding hydrogens is 226 g/mol. The summed E-state index contributed by atoms with van der Waals surface area (Å²) in [6.45, 7) is 2.05. The van der Waals surface area contributed by atoms with Crippen molar-refractivity contribution < 1.29 is 9.15 Å². The number of hydrogen-bond acceptors (Lipinski definition) is 3. The van der Waals surface area contributed by atoms with Gasteiger partial charge in [-0.3, -0.25) is 0 Å². The van der Waals surface area contributed by atoms with Crippen LogP contribution in [0, 0.1) is 6.92 Å². The Labute approximate surface area is 105 Å². The lowest BCUT2D eigenvalue weighted by molar-refractivity contribution is 0.414. The lowest BCUT2D eigenvalue weighted by Crippen LogP contribution is -1.81. The predicted octanol–water partition coefficient (Wildman–Crippen LogP) is 3.81. The minimum atomic E-state index is 0.649. The lowest BCUT2D eigenvalue weighted by atomic mass is 10.1. The van der Waals surface area contributed by atoms with Crippen molar-refractivity contribution in [3.8, 4) is 17.2 Å². The van der Waals surface area contributed by atoms with Gasteiger partial charge < -0.3 is 9.15 Å². The van der Waals surface area contributed by atoms with Crippen LogP contribution in [0.25, 0.3) is 22.6 Å². The number of hydrogen-bond donors (Lipinski definition) is 0. The quantitative estimate of drug-likeness (QED) is 0.682. The Kier molecular flexibility index (Phi) is 2.52. The Morgan fingerprint density at radius 3 is 2.72 bits per heavy atom. The van der Waals surface area contributed by atoms with Crippen LogP contribution >= 0.6 is 0 Å². The van der Waals surface area contributed by atoms with E-state index in [2.05, 4.69) is 4.98 Å². The Bertz CT molecular complexity index is 701. The van der Waals surface area contributed by atoms with Crippen molar-refractivity contribution in [3.05, 3.63) is 48.0 Å². The van der Waals surface area contributed by atoms with Crippen LogP contribution in [0.15, 0.2) is 46.9 Å². The summed E-state index contributed by atoms with van der Waals surface area (Å²) >= 11 is 0. The molecular formula is C15H13NO2. The minimum absolute atomic E-state index is 0.649. The largest absolute Gasteiger partial charge is 0.497 e. The zero-order valence-corrected chi connectivity index (χ0v) is 10.3. The second-order valence-electron chi connectivity index (χ2n) is 4.17. The Hall–Kier alpha value is -2.29. The third kappa shape index (κ3) is 1.74. The average molecular weight is 239 g/mol. The number of methoxy groups -OCH3 is 1. The maximum Gasteiger partial charge on any atom is 0.227 e. The highest BCUT2D eigenvalue weighted by molar-refractivity contribution is 5.78. The minimum Gasteiger partial charge on any atom is -0.497 e. The molecule has 0 N–H and O–H groups in total. The van der Waals surface area contributed by atoms with Crippen LogP contribution < -0.4 is 4.74 Å². The number of oxazole rings is 1. The van der Waals surface area contributed by atoms with E-state index in [0.717, 1.165) is 28.0 Å². The van der Waals surface area contributed by atoms with E-state index >= 15 is 0 Å². The molecule has 0 saturated heterocycles. The third-order valence-electron chi connectivity index (χ3n) is 2.97. The molecule has 3 aromatic rings. The molecule has 1 heterocycles. The van der Waals surface area contributed by atoms with Crippen LogP contribution in [-0.2, 0) is 0 Å². The molecule has 0 aliphatic carbocycles. The summed E-state index contributed by atoms with van der Waals surface area (Å²) in [5.74, 6) is 1.42. The molecule has 0 unspecified atom stereocenters. The molecule has 3 rings (SSSR count). The predicted molar refractivity (Wildman–Crippen MR) is 70.7 cm³/mol. The van der Waals surface area contributed by atoms with Crippen molar-refractivity contribution in [3.63, 3.8) is 0 Å². The second-order valence-corrected chi connectivity index (χ2v) is 4.17. The number of rotatable bonds is 2. The SMILES string of the molecule is COc1ccc2nc(-c3ccccc3C)oc2c1. The van der Waals surface area contributed by atoms with E-state index in [0.29, 0.717) is 5.89 Å². The molecule has 0 radical (unpaired) electrons. The van der Waals surface area contributed by atoms with E-state index in [4.69, 9.17) is 9.15 Å². The van der Waals surface area contributed by atoms with Crippen molar-refractivity contribution in [2.45, 2.75) is 6.92 Å². The molecule has 0 atom stereocenters. The van der Waals surface area contributed by atoms with Gasteiger partial charge in [0.2, 0.25) is 5.89 Å². The highest BCUT2D eigenvalue weighted by Crippen LogP contribution is 2.28. The van der Waals surface area contributed by atoms with Crippen molar-refractivity contribution in [2.75, 3.05) is 7.11 Å². The monoisotopic (exact) mass is 239 g/mol. The van der Waals surface area contributed by atoms with Crippen LogP contribution in [0.1, 0.15) is 5.56 Å². The molecule has 90 valence electrons. The fourth-order valence-corrected chi connectivity index (χ4v) is 1.96. The molecule has 0 spiro atoms. The molecule has 18 heavy (non-hydrogen) atoms. The summed E-state index contributed by atoms with van der Waals surface area (Å²) in [6, 6.07) is 13.7. The van der Waals surface area contributed by atoms with E-state index in [9.17, 15) is 0 Å². The highest BCUT2D eigenvalue weighted by atomic mass is 16.5. The standard InChI is InChI=1S/C15H13NO2/c1-10-5-3-4-6-12(10)15-16-13-8-7-11(17-2)9-14(13)18-15/h3-9H,1-2H3. The van der Waals surface area contributed by atoms with Crippen LogP contribution in [-0.4, -0.2) is 12.1 Å². The smallest absolute Gasteiger partial charge is 0.227 e. The van der Waals surface area contributed by atoms with Gasteiger partial charge in [-0.1, -0.05) is 18.2 Å². The molecule has 0 aliphatic rings. The number of ether oxygens (including phenoxy) is 1. The first-order valence-electron chi connectivity index (χ1n) is 5.78. The normalized spacial score (nSPS) is 10.8. The first kappa shape index (κ1) is 10.8. The summed E-state index contributed by atoms with van der Waals surface area (Å²) in [6.07, 6.45) is 0. The Balaban J connectivity index is 2.17. The Morgan fingerprint density at radius 1 is 1.11 bits per heavy atom. The summed E-state index contributed by atoms with van der Waals surface area (Å²) in [7, 11) is 1.64. The van der Waals surface area contributed by atoms with Gasteiger partial charge in [0.05, 0.1) is 7.11 Å². The molecule has 2 aromatic carbocycles. The molecule has 3 heteroatoms. The van der Waals surface area contributed by atoms with Crippen LogP contribution in [0.3, 0.4) is 0 Å². The average Bonchev–Trinajstić information content (AvgIpc) is 2.81. The second kappa shape index (κ2) is 4.18. The van der Waals surface area contributed by atoms with Gasteiger partial charge in [-0.05, 0) is 30.7 Å². The van der Waals surface area contributed by atoms with Gasteiger partial charge in [-0.2, -0.15) is 0 Å².